The minimum Gasteiger partial charge on any atom is -0.481 e. The summed E-state index contributed by atoms with van der Waals surface area (Å²) in [6, 6.07) is 8.13. The van der Waals surface area contributed by atoms with Gasteiger partial charge in [0.15, 0.2) is 0 Å². The lowest BCUT2D eigenvalue weighted by Gasteiger charge is -2.24. The lowest BCUT2D eigenvalue weighted by molar-refractivity contribution is -0.141. The number of carboxylic acid groups (broad SMARTS) is 1. The molecule has 1 atom stereocenters. The highest BCUT2D eigenvalue weighted by atomic mass is 16.5. The van der Waals surface area contributed by atoms with Crippen LogP contribution in [0.3, 0.4) is 0 Å². The van der Waals surface area contributed by atoms with Gasteiger partial charge in [-0.3, -0.25) is 4.79 Å². The van der Waals surface area contributed by atoms with Crippen molar-refractivity contribution >= 4 is 5.97 Å². The highest BCUT2D eigenvalue weighted by molar-refractivity contribution is 5.69. The average Bonchev–Trinajstić information content (AvgIpc) is 2.29. The number of ether oxygens (including phenoxy) is 1. The van der Waals surface area contributed by atoms with Gasteiger partial charge in [-0.15, -0.1) is 0 Å². The molecule has 0 aliphatic rings. The first kappa shape index (κ1) is 14.7. The van der Waals surface area contributed by atoms with E-state index in [1.54, 1.807) is 14.0 Å². The van der Waals surface area contributed by atoms with Gasteiger partial charge in [-0.05, 0) is 17.5 Å². The molecule has 3 heteroatoms. The second-order valence-corrected chi connectivity index (χ2v) is 5.46. The first-order valence-corrected chi connectivity index (χ1v) is 6.18. The van der Waals surface area contributed by atoms with Crippen molar-refractivity contribution in [3.8, 4) is 0 Å². The molecule has 1 unspecified atom stereocenters. The molecule has 0 heterocycles. The lowest BCUT2D eigenvalue weighted by Crippen LogP contribution is -2.23. The predicted octanol–water partition coefficient (Wildman–Crippen LogP) is 2.87. The molecule has 0 fully saturated rings. The van der Waals surface area contributed by atoms with E-state index in [4.69, 9.17) is 9.84 Å². The first-order chi connectivity index (χ1) is 8.36. The van der Waals surface area contributed by atoms with Gasteiger partial charge in [0, 0.05) is 12.5 Å². The van der Waals surface area contributed by atoms with E-state index in [1.807, 2.05) is 12.1 Å². The van der Waals surface area contributed by atoms with Crippen LogP contribution in [-0.2, 0) is 21.4 Å². The molecule has 0 aliphatic carbocycles. The summed E-state index contributed by atoms with van der Waals surface area (Å²) >= 11 is 0. The molecule has 0 aliphatic heterocycles. The van der Waals surface area contributed by atoms with Crippen LogP contribution in [0.5, 0.6) is 0 Å². The zero-order valence-corrected chi connectivity index (χ0v) is 11.6. The van der Waals surface area contributed by atoms with E-state index < -0.39 is 5.97 Å². The van der Waals surface area contributed by atoms with Crippen LogP contribution >= 0.6 is 0 Å². The third-order valence-corrected chi connectivity index (χ3v) is 3.20. The van der Waals surface area contributed by atoms with Crippen molar-refractivity contribution in [2.45, 2.75) is 32.6 Å². The number of benzene rings is 1. The molecular formula is C15H22O3. The Bertz CT molecular complexity index is 393. The third-order valence-electron chi connectivity index (χ3n) is 3.20. The number of carbonyl (C=O) groups is 1. The van der Waals surface area contributed by atoms with Crippen molar-refractivity contribution in [2.24, 2.45) is 5.92 Å². The van der Waals surface area contributed by atoms with Crippen molar-refractivity contribution in [3.05, 3.63) is 35.4 Å². The van der Waals surface area contributed by atoms with E-state index in [-0.39, 0.29) is 11.3 Å². The average molecular weight is 250 g/mol. The van der Waals surface area contributed by atoms with E-state index in [0.29, 0.717) is 13.0 Å². The van der Waals surface area contributed by atoms with Crippen molar-refractivity contribution in [3.63, 3.8) is 0 Å². The lowest BCUT2D eigenvalue weighted by atomic mass is 9.84. The quantitative estimate of drug-likeness (QED) is 0.844. The van der Waals surface area contributed by atoms with E-state index >= 15 is 0 Å². The fraction of sp³-hybridized carbons (Fsp3) is 0.533. The Morgan fingerprint density at radius 3 is 2.33 bits per heavy atom. The number of methoxy groups -OCH3 is 1. The second kappa shape index (κ2) is 6.01. The Morgan fingerprint density at radius 1 is 1.33 bits per heavy atom. The Balaban J connectivity index is 2.77. The molecule has 18 heavy (non-hydrogen) atoms. The Labute approximate surface area is 109 Å². The minimum atomic E-state index is -0.751. The molecule has 0 spiro atoms. The van der Waals surface area contributed by atoms with Gasteiger partial charge in [0.2, 0.25) is 0 Å². The zero-order chi connectivity index (χ0) is 13.8. The van der Waals surface area contributed by atoms with Gasteiger partial charge in [0.25, 0.3) is 0 Å². The van der Waals surface area contributed by atoms with Crippen LogP contribution in [0.25, 0.3) is 0 Å². The molecule has 0 saturated carbocycles. The molecule has 0 bridgehead atoms. The van der Waals surface area contributed by atoms with Gasteiger partial charge in [0.1, 0.15) is 0 Å². The van der Waals surface area contributed by atoms with Crippen LogP contribution < -0.4 is 0 Å². The molecule has 1 aromatic rings. The molecule has 3 nitrogen and oxygen atoms in total. The topological polar surface area (TPSA) is 46.5 Å². The fourth-order valence-electron chi connectivity index (χ4n) is 1.98. The summed E-state index contributed by atoms with van der Waals surface area (Å²) < 4.78 is 5.21. The van der Waals surface area contributed by atoms with E-state index in [9.17, 15) is 4.79 Å². The third kappa shape index (κ3) is 3.84. The summed E-state index contributed by atoms with van der Waals surface area (Å²) in [7, 11) is 1.70. The van der Waals surface area contributed by atoms with Crippen LogP contribution in [-0.4, -0.2) is 24.8 Å². The standard InChI is InChI=1S/C15H22O3/c1-11(14(16)17)9-12-5-7-13(8-6-12)15(2,3)10-18-4/h5-8,11H,9-10H2,1-4H3,(H,16,17). The number of hydrogen-bond acceptors (Lipinski definition) is 2. The first-order valence-electron chi connectivity index (χ1n) is 6.18. The summed E-state index contributed by atoms with van der Waals surface area (Å²) in [5, 5.41) is 8.88. The van der Waals surface area contributed by atoms with Crippen molar-refractivity contribution in [1.29, 1.82) is 0 Å². The maximum Gasteiger partial charge on any atom is 0.306 e. The van der Waals surface area contributed by atoms with Crippen LogP contribution in [0.4, 0.5) is 0 Å². The van der Waals surface area contributed by atoms with Crippen molar-refractivity contribution < 1.29 is 14.6 Å². The van der Waals surface area contributed by atoms with Crippen LogP contribution in [0, 0.1) is 5.92 Å². The van der Waals surface area contributed by atoms with Crippen LogP contribution in [0.1, 0.15) is 31.9 Å². The molecule has 1 N–H and O–H groups in total. The van der Waals surface area contributed by atoms with Gasteiger partial charge in [-0.1, -0.05) is 45.0 Å². The summed E-state index contributed by atoms with van der Waals surface area (Å²) in [4.78, 5) is 10.8. The van der Waals surface area contributed by atoms with Gasteiger partial charge in [-0.25, -0.2) is 0 Å². The van der Waals surface area contributed by atoms with Gasteiger partial charge < -0.3 is 9.84 Å². The summed E-state index contributed by atoms with van der Waals surface area (Å²) in [5.74, 6) is -1.10. The summed E-state index contributed by atoms with van der Waals surface area (Å²) in [5.41, 5.74) is 2.24. The van der Waals surface area contributed by atoms with Crippen molar-refractivity contribution in [2.75, 3.05) is 13.7 Å². The van der Waals surface area contributed by atoms with Gasteiger partial charge in [-0.2, -0.15) is 0 Å². The molecule has 0 aromatic heterocycles. The number of aliphatic carboxylic acids is 1. The smallest absolute Gasteiger partial charge is 0.306 e. The van der Waals surface area contributed by atoms with Crippen LogP contribution in [0.2, 0.25) is 0 Å². The maximum absolute atomic E-state index is 10.8. The van der Waals surface area contributed by atoms with Gasteiger partial charge in [0.05, 0.1) is 12.5 Å². The highest BCUT2D eigenvalue weighted by Gasteiger charge is 2.20. The number of rotatable bonds is 6. The largest absolute Gasteiger partial charge is 0.481 e. The Kier molecular flexibility index (Phi) is 4.91. The SMILES string of the molecule is COCC(C)(C)c1ccc(CC(C)C(=O)O)cc1. The Hall–Kier alpha value is -1.35. The highest BCUT2D eigenvalue weighted by Crippen LogP contribution is 2.24. The summed E-state index contributed by atoms with van der Waals surface area (Å²) in [6.45, 7) is 6.65. The molecule has 1 rings (SSSR count). The van der Waals surface area contributed by atoms with E-state index in [0.717, 1.165) is 5.56 Å². The molecular weight excluding hydrogens is 228 g/mol. The fourth-order valence-corrected chi connectivity index (χ4v) is 1.98. The number of carboxylic acids is 1. The second-order valence-electron chi connectivity index (χ2n) is 5.46. The molecule has 0 amide bonds. The Morgan fingerprint density at radius 2 is 1.89 bits per heavy atom. The van der Waals surface area contributed by atoms with E-state index in [1.165, 1.54) is 5.56 Å². The minimum absolute atomic E-state index is 0.0221. The molecule has 100 valence electrons. The maximum atomic E-state index is 10.8. The van der Waals surface area contributed by atoms with E-state index in [2.05, 4.69) is 26.0 Å². The summed E-state index contributed by atoms with van der Waals surface area (Å²) in [6.07, 6.45) is 0.570. The van der Waals surface area contributed by atoms with Crippen LogP contribution in [0.15, 0.2) is 24.3 Å². The molecule has 0 saturated heterocycles. The predicted molar refractivity (Wildman–Crippen MR) is 71.8 cm³/mol. The normalized spacial score (nSPS) is 13.3. The molecule has 0 radical (unpaired) electrons. The number of hydrogen-bond donors (Lipinski definition) is 1. The molecule has 1 aromatic carbocycles. The monoisotopic (exact) mass is 250 g/mol. The zero-order valence-electron chi connectivity index (χ0n) is 11.6. The van der Waals surface area contributed by atoms with Crippen molar-refractivity contribution in [1.82, 2.24) is 0 Å². The van der Waals surface area contributed by atoms with Gasteiger partial charge >= 0.3 is 5.97 Å².